The van der Waals surface area contributed by atoms with E-state index in [2.05, 4.69) is 4.98 Å². The number of hydrogen-bond donors (Lipinski definition) is 1. The summed E-state index contributed by atoms with van der Waals surface area (Å²) in [6.07, 6.45) is 0.282. The van der Waals surface area contributed by atoms with Gasteiger partial charge in [-0.05, 0) is 0 Å². The number of ether oxygens (including phenoxy) is 1. The monoisotopic (exact) mass is 277 g/mol. The van der Waals surface area contributed by atoms with Gasteiger partial charge in [0.05, 0.1) is 29.7 Å². The van der Waals surface area contributed by atoms with Gasteiger partial charge < -0.3 is 15.4 Å². The molecule has 1 atom stereocenters. The van der Waals surface area contributed by atoms with E-state index in [1.807, 2.05) is 6.07 Å². The molecule has 9 nitrogen and oxygen atoms in total. The minimum atomic E-state index is -0.708. The van der Waals surface area contributed by atoms with Gasteiger partial charge in [-0.2, -0.15) is 5.26 Å². The third-order valence-corrected chi connectivity index (χ3v) is 2.84. The molecule has 1 amide bonds. The summed E-state index contributed by atoms with van der Waals surface area (Å²) in [6.45, 7) is 0.614. The number of nitro groups is 1. The number of nitrogen functional groups attached to an aromatic ring is 1. The van der Waals surface area contributed by atoms with E-state index in [9.17, 15) is 14.9 Å². The maximum absolute atomic E-state index is 12.3. The molecule has 1 aromatic heterocycles. The fourth-order valence-corrected chi connectivity index (χ4v) is 1.82. The minimum Gasteiger partial charge on any atom is -0.383 e. The Labute approximate surface area is 113 Å². The molecule has 0 bridgehead atoms. The summed E-state index contributed by atoms with van der Waals surface area (Å²) < 4.78 is 5.13. The average molecular weight is 277 g/mol. The first-order chi connectivity index (χ1) is 9.52. The van der Waals surface area contributed by atoms with E-state index in [1.165, 1.54) is 4.90 Å². The van der Waals surface area contributed by atoms with Crippen molar-refractivity contribution in [3.8, 4) is 6.07 Å². The second-order valence-electron chi connectivity index (χ2n) is 4.12. The largest absolute Gasteiger partial charge is 0.383 e. The van der Waals surface area contributed by atoms with Gasteiger partial charge in [-0.3, -0.25) is 14.9 Å². The molecular weight excluding hydrogens is 266 g/mol. The van der Waals surface area contributed by atoms with Crippen molar-refractivity contribution in [3.63, 3.8) is 0 Å². The lowest BCUT2D eigenvalue weighted by atomic mass is 10.2. The zero-order valence-electron chi connectivity index (χ0n) is 10.4. The topological polar surface area (TPSA) is 135 Å². The van der Waals surface area contributed by atoms with Crippen molar-refractivity contribution in [2.75, 3.05) is 25.4 Å². The zero-order valence-corrected chi connectivity index (χ0v) is 10.4. The second-order valence-corrected chi connectivity index (χ2v) is 4.12. The van der Waals surface area contributed by atoms with Gasteiger partial charge in [-0.25, -0.2) is 4.98 Å². The van der Waals surface area contributed by atoms with E-state index in [0.29, 0.717) is 6.54 Å². The standard InChI is InChI=1S/C11H11N5O4/c12-4-8-6-15(1-2-20-8)11(17)9-3-7(16(18)19)5-14-10(9)13/h3,5,8H,1-2,6H2,(H2,13,14). The molecule has 1 aliphatic rings. The maximum Gasteiger partial charge on any atom is 0.288 e. The van der Waals surface area contributed by atoms with Gasteiger partial charge in [0.2, 0.25) is 0 Å². The quantitative estimate of drug-likeness (QED) is 0.590. The molecule has 1 saturated heterocycles. The first-order valence-corrected chi connectivity index (χ1v) is 5.73. The first-order valence-electron chi connectivity index (χ1n) is 5.73. The van der Waals surface area contributed by atoms with Crippen molar-refractivity contribution in [2.24, 2.45) is 0 Å². The number of carbonyl (C=O) groups excluding carboxylic acids is 1. The lowest BCUT2D eigenvalue weighted by Crippen LogP contribution is -2.45. The normalized spacial score (nSPS) is 18.4. The van der Waals surface area contributed by atoms with E-state index in [-0.39, 0.29) is 30.2 Å². The third kappa shape index (κ3) is 2.65. The van der Waals surface area contributed by atoms with Crippen molar-refractivity contribution in [1.29, 1.82) is 5.26 Å². The minimum absolute atomic E-state index is 0.0437. The van der Waals surface area contributed by atoms with E-state index in [4.69, 9.17) is 15.7 Å². The molecular formula is C11H11N5O4. The Bertz CT molecular complexity index is 597. The molecule has 1 aliphatic heterocycles. The van der Waals surface area contributed by atoms with Crippen molar-refractivity contribution in [2.45, 2.75) is 6.10 Å². The van der Waals surface area contributed by atoms with Gasteiger partial charge in [0.25, 0.3) is 11.6 Å². The van der Waals surface area contributed by atoms with Crippen molar-refractivity contribution in [3.05, 3.63) is 27.9 Å². The molecule has 0 aromatic carbocycles. The van der Waals surface area contributed by atoms with Crippen molar-refractivity contribution in [1.82, 2.24) is 9.88 Å². The van der Waals surface area contributed by atoms with Crippen LogP contribution in [0.4, 0.5) is 11.5 Å². The highest BCUT2D eigenvalue weighted by Gasteiger charge is 2.27. The van der Waals surface area contributed by atoms with Crippen LogP contribution in [0.1, 0.15) is 10.4 Å². The molecule has 2 rings (SSSR count). The van der Waals surface area contributed by atoms with Gasteiger partial charge in [-0.15, -0.1) is 0 Å². The fourth-order valence-electron chi connectivity index (χ4n) is 1.82. The van der Waals surface area contributed by atoms with Crippen molar-refractivity contribution >= 4 is 17.4 Å². The number of pyridine rings is 1. The summed E-state index contributed by atoms with van der Waals surface area (Å²) in [5.74, 6) is -0.581. The van der Waals surface area contributed by atoms with Crippen LogP contribution in [0.2, 0.25) is 0 Å². The Morgan fingerprint density at radius 1 is 1.70 bits per heavy atom. The van der Waals surface area contributed by atoms with E-state index >= 15 is 0 Å². The lowest BCUT2D eigenvalue weighted by Gasteiger charge is -2.29. The zero-order chi connectivity index (χ0) is 14.7. The highest BCUT2D eigenvalue weighted by Crippen LogP contribution is 2.19. The molecule has 0 radical (unpaired) electrons. The number of nitriles is 1. The predicted octanol–water partition coefficient (Wildman–Crippen LogP) is -0.0634. The molecule has 2 N–H and O–H groups in total. The number of aromatic nitrogens is 1. The van der Waals surface area contributed by atoms with Crippen LogP contribution >= 0.6 is 0 Å². The fraction of sp³-hybridized carbons (Fsp3) is 0.364. The summed E-state index contributed by atoms with van der Waals surface area (Å²) in [6, 6.07) is 3.00. The molecule has 0 aliphatic carbocycles. The Kier molecular flexibility index (Phi) is 3.76. The third-order valence-electron chi connectivity index (χ3n) is 2.84. The maximum atomic E-state index is 12.3. The Morgan fingerprint density at radius 3 is 3.10 bits per heavy atom. The number of morpholine rings is 1. The van der Waals surface area contributed by atoms with Crippen LogP contribution in [0.5, 0.6) is 0 Å². The number of anilines is 1. The Balaban J connectivity index is 2.26. The molecule has 0 saturated carbocycles. The van der Waals surface area contributed by atoms with E-state index in [0.717, 1.165) is 12.3 Å². The Morgan fingerprint density at radius 2 is 2.45 bits per heavy atom. The summed E-state index contributed by atoms with van der Waals surface area (Å²) in [7, 11) is 0. The van der Waals surface area contributed by atoms with Crippen molar-refractivity contribution < 1.29 is 14.5 Å². The number of rotatable bonds is 2. The number of amides is 1. The molecule has 20 heavy (non-hydrogen) atoms. The number of nitrogens with zero attached hydrogens (tertiary/aromatic N) is 4. The molecule has 1 fully saturated rings. The van der Waals surface area contributed by atoms with Crippen LogP contribution in [0.15, 0.2) is 12.3 Å². The van der Waals surface area contributed by atoms with Gasteiger partial charge in [-0.1, -0.05) is 0 Å². The molecule has 1 unspecified atom stereocenters. The first kappa shape index (κ1) is 13.7. The van der Waals surface area contributed by atoms with Crippen LogP contribution in [0.3, 0.4) is 0 Å². The number of carbonyl (C=O) groups is 1. The lowest BCUT2D eigenvalue weighted by molar-refractivity contribution is -0.385. The number of nitrogens with two attached hydrogens (primary N) is 1. The predicted molar refractivity (Wildman–Crippen MR) is 66.6 cm³/mol. The molecule has 0 spiro atoms. The average Bonchev–Trinajstić information content (AvgIpc) is 2.46. The highest BCUT2D eigenvalue weighted by molar-refractivity contribution is 5.99. The smallest absolute Gasteiger partial charge is 0.288 e. The van der Waals surface area contributed by atoms with E-state index < -0.39 is 16.9 Å². The van der Waals surface area contributed by atoms with Crippen LogP contribution in [0, 0.1) is 21.4 Å². The highest BCUT2D eigenvalue weighted by atomic mass is 16.6. The molecule has 104 valence electrons. The van der Waals surface area contributed by atoms with Gasteiger partial charge in [0.1, 0.15) is 12.0 Å². The summed E-state index contributed by atoms with van der Waals surface area (Å²) in [5.41, 5.74) is 5.23. The van der Waals surface area contributed by atoms with Gasteiger partial charge >= 0.3 is 0 Å². The Hall–Kier alpha value is -2.73. The molecule has 2 heterocycles. The van der Waals surface area contributed by atoms with Crippen LogP contribution in [-0.4, -0.2) is 46.5 Å². The van der Waals surface area contributed by atoms with E-state index in [1.54, 1.807) is 0 Å². The number of hydrogen-bond acceptors (Lipinski definition) is 7. The van der Waals surface area contributed by atoms with Gasteiger partial charge in [0, 0.05) is 12.6 Å². The molecule has 9 heteroatoms. The van der Waals surface area contributed by atoms with Crippen LogP contribution in [0.25, 0.3) is 0 Å². The SMILES string of the molecule is N#CC1CN(C(=O)c2cc([N+](=O)[O-])cnc2N)CCO1. The summed E-state index contributed by atoms with van der Waals surface area (Å²) >= 11 is 0. The van der Waals surface area contributed by atoms with Crippen LogP contribution < -0.4 is 5.73 Å². The summed E-state index contributed by atoms with van der Waals surface area (Å²) in [4.78, 5) is 27.3. The second kappa shape index (κ2) is 5.50. The van der Waals surface area contributed by atoms with Crippen LogP contribution in [-0.2, 0) is 4.74 Å². The molecule has 1 aromatic rings. The van der Waals surface area contributed by atoms with Gasteiger partial charge in [0.15, 0.2) is 6.10 Å². The summed E-state index contributed by atoms with van der Waals surface area (Å²) in [5, 5.41) is 19.5.